The highest BCUT2D eigenvalue weighted by Crippen LogP contribution is 2.29. The van der Waals surface area contributed by atoms with Crippen LogP contribution in [0.15, 0.2) is 35.1 Å². The van der Waals surface area contributed by atoms with Gasteiger partial charge in [-0.3, -0.25) is 0 Å². The van der Waals surface area contributed by atoms with Crippen LogP contribution in [0, 0.1) is 0 Å². The SMILES string of the molecule is COc1ccc(Oc2nc(Br)cnc2NCC2CCCN2C(=O)OC(C)(C)C)cc1. The molecule has 1 N–H and O–H groups in total. The minimum Gasteiger partial charge on any atom is -0.497 e. The maximum Gasteiger partial charge on any atom is 0.410 e. The first-order valence-electron chi connectivity index (χ1n) is 9.83. The number of carbonyl (C=O) groups excluding carboxylic acids is 1. The maximum absolute atomic E-state index is 12.5. The molecule has 1 atom stereocenters. The molecular formula is C21H27BrN4O4. The third-order valence-corrected chi connectivity index (χ3v) is 4.88. The van der Waals surface area contributed by atoms with E-state index in [9.17, 15) is 4.79 Å². The standard InChI is InChI=1S/C21H27BrN4O4/c1-21(2,3)30-20(27)26-11-5-6-14(26)12-23-18-19(25-17(22)13-24-18)29-16-9-7-15(28-4)8-10-16/h7-10,13-14H,5-6,11-12H2,1-4H3,(H,23,24). The molecule has 0 bridgehead atoms. The summed E-state index contributed by atoms with van der Waals surface area (Å²) in [5.74, 6) is 2.20. The van der Waals surface area contributed by atoms with Crippen molar-refractivity contribution in [3.05, 3.63) is 35.1 Å². The monoisotopic (exact) mass is 478 g/mol. The summed E-state index contributed by atoms with van der Waals surface area (Å²) >= 11 is 3.34. The van der Waals surface area contributed by atoms with Crippen LogP contribution in [0.1, 0.15) is 33.6 Å². The predicted octanol–water partition coefficient (Wildman–Crippen LogP) is 4.85. The molecule has 30 heavy (non-hydrogen) atoms. The van der Waals surface area contributed by atoms with Gasteiger partial charge in [-0.1, -0.05) is 0 Å². The van der Waals surface area contributed by atoms with Gasteiger partial charge in [0.2, 0.25) is 0 Å². The highest BCUT2D eigenvalue weighted by molar-refractivity contribution is 9.10. The van der Waals surface area contributed by atoms with E-state index in [4.69, 9.17) is 14.2 Å². The fraction of sp³-hybridized carbons (Fsp3) is 0.476. The van der Waals surface area contributed by atoms with Crippen molar-refractivity contribution in [3.8, 4) is 17.4 Å². The molecule has 1 aromatic heterocycles. The second kappa shape index (κ2) is 9.51. The zero-order chi connectivity index (χ0) is 21.7. The molecule has 1 saturated heterocycles. The van der Waals surface area contributed by atoms with E-state index in [2.05, 4.69) is 31.2 Å². The molecule has 1 aromatic carbocycles. The van der Waals surface area contributed by atoms with E-state index >= 15 is 0 Å². The number of nitrogens with one attached hydrogen (secondary N) is 1. The molecule has 1 amide bonds. The van der Waals surface area contributed by atoms with Crippen LogP contribution < -0.4 is 14.8 Å². The molecule has 1 unspecified atom stereocenters. The molecule has 8 nitrogen and oxygen atoms in total. The maximum atomic E-state index is 12.5. The Bertz CT molecular complexity index is 870. The Kier molecular flexibility index (Phi) is 7.02. The van der Waals surface area contributed by atoms with Crippen molar-refractivity contribution >= 4 is 27.8 Å². The largest absolute Gasteiger partial charge is 0.497 e. The Morgan fingerprint density at radius 3 is 2.63 bits per heavy atom. The Hall–Kier alpha value is -2.55. The van der Waals surface area contributed by atoms with Crippen LogP contribution in [0.25, 0.3) is 0 Å². The average Bonchev–Trinajstić information content (AvgIpc) is 3.15. The average molecular weight is 479 g/mol. The van der Waals surface area contributed by atoms with Crippen molar-refractivity contribution in [2.75, 3.05) is 25.5 Å². The Balaban J connectivity index is 1.68. The molecule has 2 aromatic rings. The van der Waals surface area contributed by atoms with E-state index in [0.717, 1.165) is 18.6 Å². The summed E-state index contributed by atoms with van der Waals surface area (Å²) in [5, 5.41) is 3.28. The normalized spacial score (nSPS) is 16.3. The van der Waals surface area contributed by atoms with Crippen LogP contribution in [0.4, 0.5) is 10.6 Å². The van der Waals surface area contributed by atoms with Gasteiger partial charge >= 0.3 is 6.09 Å². The molecule has 0 saturated carbocycles. The lowest BCUT2D eigenvalue weighted by atomic mass is 10.2. The topological polar surface area (TPSA) is 85.8 Å². The molecule has 0 aliphatic carbocycles. The van der Waals surface area contributed by atoms with Gasteiger partial charge in [-0.15, -0.1) is 0 Å². The number of likely N-dealkylation sites (tertiary alicyclic amines) is 1. The molecule has 1 aliphatic rings. The number of amides is 1. The van der Waals surface area contributed by atoms with Crippen molar-refractivity contribution in [1.82, 2.24) is 14.9 Å². The summed E-state index contributed by atoms with van der Waals surface area (Å²) in [7, 11) is 1.61. The molecule has 0 spiro atoms. The van der Waals surface area contributed by atoms with Gasteiger partial charge in [0, 0.05) is 13.1 Å². The fourth-order valence-electron chi connectivity index (χ4n) is 3.12. The summed E-state index contributed by atoms with van der Waals surface area (Å²) in [6, 6.07) is 7.23. The molecule has 1 fully saturated rings. The Morgan fingerprint density at radius 1 is 1.27 bits per heavy atom. The highest BCUT2D eigenvalue weighted by atomic mass is 79.9. The van der Waals surface area contributed by atoms with Crippen molar-refractivity contribution in [2.24, 2.45) is 0 Å². The number of aromatic nitrogens is 2. The lowest BCUT2D eigenvalue weighted by molar-refractivity contribution is 0.0235. The Morgan fingerprint density at radius 2 is 1.97 bits per heavy atom. The zero-order valence-corrected chi connectivity index (χ0v) is 19.2. The van der Waals surface area contributed by atoms with Gasteiger partial charge in [-0.05, 0) is 73.8 Å². The van der Waals surface area contributed by atoms with Crippen molar-refractivity contribution < 1.29 is 19.0 Å². The number of nitrogens with zero attached hydrogens (tertiary/aromatic N) is 3. The molecule has 0 radical (unpaired) electrons. The smallest absolute Gasteiger partial charge is 0.410 e. The summed E-state index contributed by atoms with van der Waals surface area (Å²) in [4.78, 5) is 23.1. The highest BCUT2D eigenvalue weighted by Gasteiger charge is 2.32. The van der Waals surface area contributed by atoms with Gasteiger partial charge in [0.05, 0.1) is 19.3 Å². The predicted molar refractivity (Wildman–Crippen MR) is 117 cm³/mol. The lowest BCUT2D eigenvalue weighted by Gasteiger charge is -2.28. The number of halogens is 1. The van der Waals surface area contributed by atoms with Crippen LogP contribution in [0.5, 0.6) is 17.4 Å². The first kappa shape index (κ1) is 22.1. The van der Waals surface area contributed by atoms with Gasteiger partial charge in [-0.2, -0.15) is 0 Å². The lowest BCUT2D eigenvalue weighted by Crippen LogP contribution is -2.42. The number of ether oxygens (including phenoxy) is 3. The van der Waals surface area contributed by atoms with Gasteiger partial charge in [0.25, 0.3) is 5.88 Å². The number of hydrogen-bond acceptors (Lipinski definition) is 7. The van der Waals surface area contributed by atoms with E-state index < -0.39 is 5.60 Å². The number of carbonyl (C=O) groups is 1. The van der Waals surface area contributed by atoms with Crippen molar-refractivity contribution in [2.45, 2.75) is 45.3 Å². The third kappa shape index (κ3) is 5.98. The summed E-state index contributed by atoms with van der Waals surface area (Å²) in [6.07, 6.45) is 3.14. The molecule has 1 aliphatic heterocycles. The summed E-state index contributed by atoms with van der Waals surface area (Å²) < 4.78 is 17.2. The summed E-state index contributed by atoms with van der Waals surface area (Å²) in [5.41, 5.74) is -0.520. The first-order valence-corrected chi connectivity index (χ1v) is 10.6. The van der Waals surface area contributed by atoms with Crippen LogP contribution in [-0.2, 0) is 4.74 Å². The second-order valence-electron chi connectivity index (χ2n) is 7.97. The zero-order valence-electron chi connectivity index (χ0n) is 17.6. The third-order valence-electron chi connectivity index (χ3n) is 4.50. The second-order valence-corrected chi connectivity index (χ2v) is 8.79. The molecule has 2 heterocycles. The van der Waals surface area contributed by atoms with E-state index in [1.165, 1.54) is 0 Å². The fourth-order valence-corrected chi connectivity index (χ4v) is 3.39. The van der Waals surface area contributed by atoms with Gasteiger partial charge in [-0.25, -0.2) is 14.8 Å². The van der Waals surface area contributed by atoms with E-state index in [-0.39, 0.29) is 12.1 Å². The minimum absolute atomic E-state index is 0.0131. The van der Waals surface area contributed by atoms with Crippen molar-refractivity contribution in [3.63, 3.8) is 0 Å². The van der Waals surface area contributed by atoms with Gasteiger partial charge in [0.15, 0.2) is 5.82 Å². The molecule has 3 rings (SSSR count). The van der Waals surface area contributed by atoms with Crippen molar-refractivity contribution in [1.29, 1.82) is 0 Å². The number of hydrogen-bond donors (Lipinski definition) is 1. The van der Waals surface area contributed by atoms with E-state index in [1.807, 2.05) is 32.9 Å². The van der Waals surface area contributed by atoms with Crippen LogP contribution in [0.2, 0.25) is 0 Å². The van der Waals surface area contributed by atoms with Crippen LogP contribution in [0.3, 0.4) is 0 Å². The van der Waals surface area contributed by atoms with Crippen LogP contribution >= 0.6 is 15.9 Å². The molecule has 9 heteroatoms. The minimum atomic E-state index is -0.520. The van der Waals surface area contributed by atoms with Crippen LogP contribution in [-0.4, -0.2) is 52.8 Å². The molecular weight excluding hydrogens is 452 g/mol. The Labute approximate surface area is 185 Å². The number of methoxy groups -OCH3 is 1. The quantitative estimate of drug-likeness (QED) is 0.634. The first-order chi connectivity index (χ1) is 14.2. The van der Waals surface area contributed by atoms with E-state index in [1.54, 1.807) is 30.3 Å². The number of anilines is 1. The van der Waals surface area contributed by atoms with E-state index in [0.29, 0.717) is 35.1 Å². The number of rotatable bonds is 6. The summed E-state index contributed by atoms with van der Waals surface area (Å²) in [6.45, 7) is 6.81. The molecule has 162 valence electrons. The number of benzene rings is 1. The van der Waals surface area contributed by atoms with Gasteiger partial charge in [0.1, 0.15) is 21.7 Å². The van der Waals surface area contributed by atoms with Gasteiger partial charge < -0.3 is 24.4 Å².